The van der Waals surface area contributed by atoms with Crippen LogP contribution in [0.2, 0.25) is 0 Å². The Balaban J connectivity index is 1.48. The van der Waals surface area contributed by atoms with Gasteiger partial charge in [0.05, 0.1) is 5.84 Å². The van der Waals surface area contributed by atoms with Gasteiger partial charge in [-0.2, -0.15) is 0 Å². The van der Waals surface area contributed by atoms with Crippen LogP contribution in [0.4, 0.5) is 0 Å². The summed E-state index contributed by atoms with van der Waals surface area (Å²) in [4.78, 5) is 4.66. The highest BCUT2D eigenvalue weighted by atomic mass is 15.0. The predicted molar refractivity (Wildman–Crippen MR) is 67.7 cm³/mol. The van der Waals surface area contributed by atoms with E-state index in [1.807, 2.05) is 0 Å². The highest BCUT2D eigenvalue weighted by Gasteiger charge is 2.41. The van der Waals surface area contributed by atoms with E-state index in [4.69, 9.17) is 0 Å². The molecule has 0 amide bonds. The van der Waals surface area contributed by atoms with Gasteiger partial charge in [-0.05, 0) is 56.3 Å². The van der Waals surface area contributed by atoms with Gasteiger partial charge in [0.2, 0.25) is 0 Å². The molecule has 0 radical (unpaired) electrons. The van der Waals surface area contributed by atoms with Gasteiger partial charge in [-0.15, -0.1) is 0 Å². The van der Waals surface area contributed by atoms with E-state index in [1.54, 1.807) is 0 Å². The van der Waals surface area contributed by atoms with Gasteiger partial charge in [0, 0.05) is 19.5 Å². The van der Waals surface area contributed by atoms with Crippen LogP contribution in [0, 0.1) is 17.8 Å². The van der Waals surface area contributed by atoms with Gasteiger partial charge < -0.3 is 5.32 Å². The van der Waals surface area contributed by atoms with Crippen LogP contribution in [0.5, 0.6) is 0 Å². The number of aliphatic imine (C=N–C) groups is 1. The molecule has 0 atom stereocenters. The van der Waals surface area contributed by atoms with Gasteiger partial charge in [0.1, 0.15) is 0 Å². The molecule has 1 heterocycles. The van der Waals surface area contributed by atoms with Gasteiger partial charge in [0.15, 0.2) is 0 Å². The van der Waals surface area contributed by atoms with Crippen LogP contribution >= 0.6 is 0 Å². The van der Waals surface area contributed by atoms with Crippen molar-refractivity contribution in [2.45, 2.75) is 51.4 Å². The standard InChI is InChI=1S/C14H24N2/c1-2-4-14(15-9-3-1)16-10-13(11-5-6-11)12-7-8-12/h11-13H,1-10H2,(H,15,16). The topological polar surface area (TPSA) is 24.4 Å². The molecule has 90 valence electrons. The summed E-state index contributed by atoms with van der Waals surface area (Å²) in [6.07, 6.45) is 11.2. The van der Waals surface area contributed by atoms with Gasteiger partial charge in [0.25, 0.3) is 0 Å². The largest absolute Gasteiger partial charge is 0.374 e. The van der Waals surface area contributed by atoms with Gasteiger partial charge in [-0.1, -0.05) is 6.42 Å². The molecule has 2 saturated carbocycles. The van der Waals surface area contributed by atoms with Crippen LogP contribution in [0.3, 0.4) is 0 Å². The van der Waals surface area contributed by atoms with Gasteiger partial charge >= 0.3 is 0 Å². The zero-order valence-corrected chi connectivity index (χ0v) is 10.3. The van der Waals surface area contributed by atoms with Crippen LogP contribution in [0.1, 0.15) is 51.4 Å². The Hall–Kier alpha value is -0.530. The van der Waals surface area contributed by atoms with E-state index in [-0.39, 0.29) is 0 Å². The maximum Gasteiger partial charge on any atom is 0.0963 e. The van der Waals surface area contributed by atoms with Crippen LogP contribution in [0.25, 0.3) is 0 Å². The van der Waals surface area contributed by atoms with Crippen molar-refractivity contribution in [3.63, 3.8) is 0 Å². The van der Waals surface area contributed by atoms with Gasteiger partial charge in [-0.25, -0.2) is 0 Å². The molecule has 2 heteroatoms. The van der Waals surface area contributed by atoms with E-state index in [0.717, 1.165) is 24.3 Å². The number of nitrogens with zero attached hydrogens (tertiary/aromatic N) is 1. The lowest BCUT2D eigenvalue weighted by Gasteiger charge is -2.17. The number of rotatable bonds is 4. The van der Waals surface area contributed by atoms with Crippen molar-refractivity contribution >= 4 is 5.84 Å². The summed E-state index contributed by atoms with van der Waals surface area (Å²) in [6.45, 7) is 2.27. The fraction of sp³-hybridized carbons (Fsp3) is 0.929. The monoisotopic (exact) mass is 220 g/mol. The molecule has 2 fully saturated rings. The van der Waals surface area contributed by atoms with Crippen LogP contribution in [-0.2, 0) is 0 Å². The second-order valence-corrected chi connectivity index (χ2v) is 5.86. The van der Waals surface area contributed by atoms with Crippen molar-refractivity contribution < 1.29 is 0 Å². The van der Waals surface area contributed by atoms with Crippen molar-refractivity contribution in [2.24, 2.45) is 22.7 Å². The molecule has 1 aliphatic heterocycles. The Morgan fingerprint density at radius 3 is 2.50 bits per heavy atom. The minimum Gasteiger partial charge on any atom is -0.374 e. The first-order chi connectivity index (χ1) is 7.93. The van der Waals surface area contributed by atoms with Crippen LogP contribution in [0.15, 0.2) is 4.99 Å². The lowest BCUT2D eigenvalue weighted by atomic mass is 9.98. The molecule has 2 aliphatic carbocycles. The predicted octanol–water partition coefficient (Wildman–Crippen LogP) is 2.98. The molecule has 3 rings (SSSR count). The Bertz CT molecular complexity index is 252. The first kappa shape index (κ1) is 10.6. The Morgan fingerprint density at radius 1 is 1.06 bits per heavy atom. The van der Waals surface area contributed by atoms with Crippen molar-refractivity contribution in [3.05, 3.63) is 0 Å². The summed E-state index contributed by atoms with van der Waals surface area (Å²) in [5.41, 5.74) is 0. The molecule has 0 unspecified atom stereocenters. The number of hydrogen-bond acceptors (Lipinski definition) is 2. The van der Waals surface area contributed by atoms with E-state index in [1.165, 1.54) is 63.7 Å². The summed E-state index contributed by atoms with van der Waals surface area (Å²) in [7, 11) is 0. The Kier molecular flexibility index (Phi) is 3.16. The summed E-state index contributed by atoms with van der Waals surface area (Å²) in [6, 6.07) is 0. The van der Waals surface area contributed by atoms with Crippen molar-refractivity contribution in [1.82, 2.24) is 5.32 Å². The first-order valence-corrected chi connectivity index (χ1v) is 7.20. The third kappa shape index (κ3) is 2.78. The molecular formula is C14H24N2. The molecule has 0 bridgehead atoms. The maximum absolute atomic E-state index is 4.66. The molecule has 3 aliphatic rings. The fourth-order valence-corrected chi connectivity index (χ4v) is 3.02. The lowest BCUT2D eigenvalue weighted by molar-refractivity contribution is 0.401. The Morgan fingerprint density at radius 2 is 1.81 bits per heavy atom. The summed E-state index contributed by atoms with van der Waals surface area (Å²) < 4.78 is 0. The second kappa shape index (κ2) is 4.77. The molecule has 16 heavy (non-hydrogen) atoms. The highest BCUT2D eigenvalue weighted by molar-refractivity contribution is 5.82. The van der Waals surface area contributed by atoms with Gasteiger partial charge in [-0.3, -0.25) is 4.99 Å². The molecule has 0 aromatic carbocycles. The third-order valence-electron chi connectivity index (χ3n) is 4.37. The molecule has 1 N–H and O–H groups in total. The normalized spacial score (nSPS) is 26.4. The molecule has 0 aromatic rings. The van der Waals surface area contributed by atoms with Crippen molar-refractivity contribution in [3.8, 4) is 0 Å². The third-order valence-corrected chi connectivity index (χ3v) is 4.37. The van der Waals surface area contributed by atoms with Crippen molar-refractivity contribution in [2.75, 3.05) is 13.1 Å². The fourth-order valence-electron chi connectivity index (χ4n) is 3.02. The average molecular weight is 220 g/mol. The highest BCUT2D eigenvalue weighted by Crippen LogP contribution is 2.48. The maximum atomic E-state index is 4.66. The number of nitrogens with one attached hydrogen (secondary N) is 1. The summed E-state index contributed by atoms with van der Waals surface area (Å²) >= 11 is 0. The van der Waals surface area contributed by atoms with E-state index in [9.17, 15) is 0 Å². The quantitative estimate of drug-likeness (QED) is 0.774. The molecule has 0 spiro atoms. The van der Waals surface area contributed by atoms with Crippen molar-refractivity contribution in [1.29, 1.82) is 0 Å². The minimum atomic E-state index is 0.978. The Labute approximate surface area is 98.9 Å². The zero-order valence-electron chi connectivity index (χ0n) is 10.3. The van der Waals surface area contributed by atoms with E-state index >= 15 is 0 Å². The lowest BCUT2D eigenvalue weighted by Crippen LogP contribution is -2.31. The van der Waals surface area contributed by atoms with Crippen LogP contribution < -0.4 is 5.32 Å². The SMILES string of the molecule is C1CCN=C(NCC(C2CC2)C2CC2)CC1. The number of hydrogen-bond donors (Lipinski definition) is 1. The summed E-state index contributed by atoms with van der Waals surface area (Å²) in [5, 5.41) is 3.65. The smallest absolute Gasteiger partial charge is 0.0963 e. The molecule has 0 aromatic heterocycles. The second-order valence-electron chi connectivity index (χ2n) is 5.86. The van der Waals surface area contributed by atoms with E-state index in [0.29, 0.717) is 0 Å². The summed E-state index contributed by atoms with van der Waals surface area (Å²) in [5.74, 6) is 4.41. The molecule has 0 saturated heterocycles. The average Bonchev–Trinajstić information content (AvgIpc) is 3.17. The van der Waals surface area contributed by atoms with E-state index < -0.39 is 0 Å². The molecule has 2 nitrogen and oxygen atoms in total. The van der Waals surface area contributed by atoms with Crippen LogP contribution in [-0.4, -0.2) is 18.9 Å². The molecular weight excluding hydrogens is 196 g/mol. The minimum absolute atomic E-state index is 0.978. The first-order valence-electron chi connectivity index (χ1n) is 7.20. The zero-order chi connectivity index (χ0) is 10.8. The van der Waals surface area contributed by atoms with E-state index in [2.05, 4.69) is 10.3 Å². The number of amidine groups is 1.